The van der Waals surface area contributed by atoms with Gasteiger partial charge >= 0.3 is 0 Å². The van der Waals surface area contributed by atoms with Crippen LogP contribution in [-0.4, -0.2) is 0 Å². The van der Waals surface area contributed by atoms with Gasteiger partial charge in [-0.3, -0.25) is 0 Å². The quantitative estimate of drug-likeness (QED) is 0.689. The molecule has 15 heavy (non-hydrogen) atoms. The van der Waals surface area contributed by atoms with Crippen LogP contribution in [0.15, 0.2) is 24.3 Å². The highest BCUT2D eigenvalue weighted by Crippen LogP contribution is 2.29. The van der Waals surface area contributed by atoms with E-state index in [1.807, 2.05) is 0 Å². The van der Waals surface area contributed by atoms with Crippen LogP contribution in [-0.2, 0) is 5.92 Å². The van der Waals surface area contributed by atoms with Crippen LogP contribution >= 0.6 is 0 Å². The average Bonchev–Trinajstić information content (AvgIpc) is 2.15. The predicted molar refractivity (Wildman–Crippen MR) is 59.3 cm³/mol. The molecule has 0 spiro atoms. The van der Waals surface area contributed by atoms with Crippen molar-refractivity contribution in [3.63, 3.8) is 0 Å². The first-order chi connectivity index (χ1) is 6.82. The number of hydrogen-bond acceptors (Lipinski definition) is 0. The molecule has 0 bridgehead atoms. The van der Waals surface area contributed by atoms with Crippen molar-refractivity contribution >= 4 is 0 Å². The third-order valence-electron chi connectivity index (χ3n) is 2.94. The minimum Gasteiger partial charge on any atom is -0.202 e. The van der Waals surface area contributed by atoms with Crippen LogP contribution in [0.4, 0.5) is 8.78 Å². The van der Waals surface area contributed by atoms with Crippen LogP contribution in [0.2, 0.25) is 0 Å². The maximum absolute atomic E-state index is 12.9. The molecular formula is C13H18F2. The van der Waals surface area contributed by atoms with Gasteiger partial charge < -0.3 is 0 Å². The van der Waals surface area contributed by atoms with Crippen molar-refractivity contribution in [3.8, 4) is 0 Å². The lowest BCUT2D eigenvalue weighted by molar-refractivity contribution is 0.0174. The maximum atomic E-state index is 12.9. The smallest absolute Gasteiger partial charge is 0.202 e. The molecule has 0 aliphatic rings. The summed E-state index contributed by atoms with van der Waals surface area (Å²) in [5.74, 6) is -1.80. The fourth-order valence-electron chi connectivity index (χ4n) is 1.46. The molecule has 0 aromatic heterocycles. The van der Waals surface area contributed by atoms with E-state index in [9.17, 15) is 8.78 Å². The molecule has 1 aromatic carbocycles. The molecule has 1 aromatic rings. The summed E-state index contributed by atoms with van der Waals surface area (Å²) in [4.78, 5) is 0. The van der Waals surface area contributed by atoms with Crippen molar-refractivity contribution in [2.45, 2.75) is 39.5 Å². The van der Waals surface area contributed by atoms with E-state index in [0.29, 0.717) is 11.8 Å². The van der Waals surface area contributed by atoms with Crippen molar-refractivity contribution in [1.29, 1.82) is 0 Å². The minimum atomic E-state index is -2.74. The van der Waals surface area contributed by atoms with Crippen LogP contribution in [0.3, 0.4) is 0 Å². The van der Waals surface area contributed by atoms with E-state index >= 15 is 0 Å². The predicted octanol–water partition coefficient (Wildman–Crippen LogP) is 4.56. The van der Waals surface area contributed by atoms with E-state index in [1.165, 1.54) is 12.1 Å². The molecule has 0 fully saturated rings. The number of halogens is 2. The fourth-order valence-corrected chi connectivity index (χ4v) is 1.46. The molecule has 0 aliphatic carbocycles. The van der Waals surface area contributed by atoms with Gasteiger partial charge in [-0.2, -0.15) is 0 Å². The Kier molecular flexibility index (Phi) is 3.48. The molecule has 1 rings (SSSR count). The van der Waals surface area contributed by atoms with E-state index in [0.717, 1.165) is 12.5 Å². The third-order valence-corrected chi connectivity index (χ3v) is 2.94. The largest absolute Gasteiger partial charge is 0.270 e. The van der Waals surface area contributed by atoms with Crippen LogP contribution in [0.1, 0.15) is 44.7 Å². The third kappa shape index (κ3) is 3.01. The molecule has 0 amide bonds. The van der Waals surface area contributed by atoms with Gasteiger partial charge in [-0.25, -0.2) is 8.78 Å². The van der Waals surface area contributed by atoms with Gasteiger partial charge in [-0.05, 0) is 17.4 Å². The maximum Gasteiger partial charge on any atom is 0.270 e. The second-order valence-corrected chi connectivity index (χ2v) is 4.54. The molecule has 0 heterocycles. The highest BCUT2D eigenvalue weighted by Gasteiger charge is 2.24. The van der Waals surface area contributed by atoms with Crippen molar-refractivity contribution in [2.24, 2.45) is 5.92 Å². The summed E-state index contributed by atoms with van der Waals surface area (Å²) in [6.07, 6.45) is 0. The summed E-state index contributed by atoms with van der Waals surface area (Å²) in [6.45, 7) is 7.30. The van der Waals surface area contributed by atoms with E-state index in [-0.39, 0.29) is 5.56 Å². The van der Waals surface area contributed by atoms with Gasteiger partial charge in [0.15, 0.2) is 0 Å². The fraction of sp³-hybridized carbons (Fsp3) is 0.538. The Morgan fingerprint density at radius 1 is 1.00 bits per heavy atom. The summed E-state index contributed by atoms with van der Waals surface area (Å²) in [6, 6.07) is 6.65. The summed E-state index contributed by atoms with van der Waals surface area (Å²) in [5, 5.41) is 0. The first kappa shape index (κ1) is 12.2. The van der Waals surface area contributed by atoms with Crippen LogP contribution in [0, 0.1) is 5.92 Å². The van der Waals surface area contributed by atoms with Gasteiger partial charge in [0.25, 0.3) is 5.92 Å². The van der Waals surface area contributed by atoms with Gasteiger partial charge in [0.05, 0.1) is 0 Å². The first-order valence-electron chi connectivity index (χ1n) is 5.30. The zero-order valence-electron chi connectivity index (χ0n) is 9.72. The SMILES string of the molecule is CC(C)[C@H](C)c1ccc(C(C)(F)F)cc1. The average molecular weight is 212 g/mol. The topological polar surface area (TPSA) is 0 Å². The summed E-state index contributed by atoms with van der Waals surface area (Å²) < 4.78 is 25.9. The van der Waals surface area contributed by atoms with E-state index in [4.69, 9.17) is 0 Å². The zero-order chi connectivity index (χ0) is 11.6. The monoisotopic (exact) mass is 212 g/mol. The summed E-state index contributed by atoms with van der Waals surface area (Å²) in [5.41, 5.74) is 1.21. The Balaban J connectivity index is 2.91. The van der Waals surface area contributed by atoms with E-state index < -0.39 is 5.92 Å². The second-order valence-electron chi connectivity index (χ2n) is 4.54. The highest BCUT2D eigenvalue weighted by atomic mass is 19.3. The minimum absolute atomic E-state index is 0.0854. The van der Waals surface area contributed by atoms with Crippen LogP contribution in [0.5, 0.6) is 0 Å². The Hall–Kier alpha value is -0.920. The molecular weight excluding hydrogens is 194 g/mol. The number of alkyl halides is 2. The Labute approximate surface area is 90.3 Å². The lowest BCUT2D eigenvalue weighted by Gasteiger charge is -2.17. The van der Waals surface area contributed by atoms with Crippen molar-refractivity contribution in [3.05, 3.63) is 35.4 Å². The van der Waals surface area contributed by atoms with Crippen LogP contribution in [0.25, 0.3) is 0 Å². The Bertz CT molecular complexity index is 306. The molecule has 0 nitrogen and oxygen atoms in total. The number of benzene rings is 1. The van der Waals surface area contributed by atoms with Crippen molar-refractivity contribution < 1.29 is 8.78 Å². The summed E-state index contributed by atoms with van der Waals surface area (Å²) in [7, 11) is 0. The molecule has 1 atom stereocenters. The van der Waals surface area contributed by atoms with Gasteiger partial charge in [0, 0.05) is 12.5 Å². The first-order valence-corrected chi connectivity index (χ1v) is 5.30. The Morgan fingerprint density at radius 3 is 1.80 bits per heavy atom. The van der Waals surface area contributed by atoms with Gasteiger partial charge in [-0.15, -0.1) is 0 Å². The van der Waals surface area contributed by atoms with Gasteiger partial charge in [-0.1, -0.05) is 45.0 Å². The normalized spacial score (nSPS) is 14.3. The molecule has 0 unspecified atom stereocenters. The standard InChI is InChI=1S/C13H18F2/c1-9(2)10(3)11-5-7-12(8-6-11)13(4,14)15/h5-10H,1-4H3/t10-/m0/s1. The van der Waals surface area contributed by atoms with Crippen LogP contribution < -0.4 is 0 Å². The number of hydrogen-bond donors (Lipinski definition) is 0. The molecule has 0 saturated carbocycles. The van der Waals surface area contributed by atoms with Crippen molar-refractivity contribution in [2.75, 3.05) is 0 Å². The van der Waals surface area contributed by atoms with Crippen molar-refractivity contribution in [1.82, 2.24) is 0 Å². The van der Waals surface area contributed by atoms with E-state index in [1.54, 1.807) is 12.1 Å². The molecule has 84 valence electrons. The summed E-state index contributed by atoms with van der Waals surface area (Å²) >= 11 is 0. The zero-order valence-corrected chi connectivity index (χ0v) is 9.72. The molecule has 0 aliphatic heterocycles. The Morgan fingerprint density at radius 2 is 1.47 bits per heavy atom. The molecule has 0 N–H and O–H groups in total. The van der Waals surface area contributed by atoms with E-state index in [2.05, 4.69) is 20.8 Å². The van der Waals surface area contributed by atoms with Gasteiger partial charge in [0.2, 0.25) is 0 Å². The number of rotatable bonds is 3. The lowest BCUT2D eigenvalue weighted by Crippen LogP contribution is -2.08. The molecule has 0 saturated heterocycles. The second kappa shape index (κ2) is 4.30. The lowest BCUT2D eigenvalue weighted by atomic mass is 9.89. The highest BCUT2D eigenvalue weighted by molar-refractivity contribution is 5.27. The van der Waals surface area contributed by atoms with Gasteiger partial charge in [0.1, 0.15) is 0 Å². The molecule has 2 heteroatoms. The molecule has 0 radical (unpaired) electrons.